The number of ketones is 1. The summed E-state index contributed by atoms with van der Waals surface area (Å²) in [4.78, 5) is 17.4. The number of aromatic nitrogens is 2. The molecule has 1 heterocycles. The van der Waals surface area contributed by atoms with E-state index in [0.29, 0.717) is 4.47 Å². The summed E-state index contributed by atoms with van der Waals surface area (Å²) in [5, 5.41) is 0. The van der Waals surface area contributed by atoms with E-state index in [4.69, 9.17) is 0 Å². The Balaban J connectivity index is 2.90. The normalized spacial score (nSPS) is 10.3. The van der Waals surface area contributed by atoms with Crippen LogP contribution in [-0.2, 0) is 0 Å². The highest BCUT2D eigenvalue weighted by molar-refractivity contribution is 9.10. The minimum atomic E-state index is -3.05. The minimum Gasteiger partial charge on any atom is -0.284 e. The molecule has 1 aromatic rings. The largest absolute Gasteiger partial charge is 0.303 e. The Bertz CT molecular complexity index is 288. The van der Waals surface area contributed by atoms with Gasteiger partial charge >= 0.3 is 6.43 Å². The Kier molecular flexibility index (Phi) is 2.80. The summed E-state index contributed by atoms with van der Waals surface area (Å²) >= 11 is 3.01. The molecule has 6 heteroatoms. The Morgan fingerprint density at radius 2 is 1.92 bits per heavy atom. The molecule has 0 aliphatic rings. The fourth-order valence-electron chi connectivity index (χ4n) is 0.537. The first-order valence-corrected chi connectivity index (χ1v) is 3.70. The van der Waals surface area contributed by atoms with Crippen molar-refractivity contribution in [2.24, 2.45) is 0 Å². The van der Waals surface area contributed by atoms with E-state index in [-0.39, 0.29) is 0 Å². The third kappa shape index (κ3) is 2.04. The van der Waals surface area contributed by atoms with Crippen LogP contribution in [-0.4, -0.2) is 22.2 Å². The number of hydrogen-bond donors (Lipinski definition) is 0. The molecule has 0 aliphatic carbocycles. The van der Waals surface area contributed by atoms with Crippen LogP contribution >= 0.6 is 15.9 Å². The SMILES string of the molecule is O=C(c1ncc(Br)cn1)C(F)F. The fraction of sp³-hybridized carbons (Fsp3) is 0.167. The summed E-state index contributed by atoms with van der Waals surface area (Å²) in [7, 11) is 0. The molecular formula is C6H3BrF2N2O. The lowest BCUT2D eigenvalue weighted by Crippen LogP contribution is -2.13. The molecule has 0 unspecified atom stereocenters. The maximum atomic E-state index is 11.8. The van der Waals surface area contributed by atoms with E-state index < -0.39 is 18.0 Å². The van der Waals surface area contributed by atoms with Crippen molar-refractivity contribution < 1.29 is 13.6 Å². The van der Waals surface area contributed by atoms with Crippen LogP contribution in [0.3, 0.4) is 0 Å². The van der Waals surface area contributed by atoms with E-state index in [1.807, 2.05) is 0 Å². The number of halogens is 3. The van der Waals surface area contributed by atoms with Gasteiger partial charge in [0.05, 0.1) is 4.47 Å². The van der Waals surface area contributed by atoms with Gasteiger partial charge in [0.25, 0.3) is 5.78 Å². The van der Waals surface area contributed by atoms with E-state index >= 15 is 0 Å². The van der Waals surface area contributed by atoms with Gasteiger partial charge in [-0.05, 0) is 15.9 Å². The Morgan fingerprint density at radius 3 is 2.33 bits per heavy atom. The summed E-state index contributed by atoms with van der Waals surface area (Å²) in [6, 6.07) is 0. The highest BCUT2D eigenvalue weighted by Crippen LogP contribution is 2.07. The fourth-order valence-corrected chi connectivity index (χ4v) is 0.742. The predicted octanol–water partition coefficient (Wildman–Crippen LogP) is 1.69. The number of carbonyl (C=O) groups excluding carboxylic acids is 1. The van der Waals surface area contributed by atoms with Gasteiger partial charge < -0.3 is 0 Å². The molecule has 0 saturated carbocycles. The maximum Gasteiger partial charge on any atom is 0.303 e. The van der Waals surface area contributed by atoms with Gasteiger partial charge in [-0.2, -0.15) is 0 Å². The predicted molar refractivity (Wildman–Crippen MR) is 40.1 cm³/mol. The zero-order valence-corrected chi connectivity index (χ0v) is 7.25. The van der Waals surface area contributed by atoms with Gasteiger partial charge in [0.2, 0.25) is 5.82 Å². The average molecular weight is 237 g/mol. The molecule has 0 aromatic carbocycles. The van der Waals surface area contributed by atoms with E-state index in [9.17, 15) is 13.6 Å². The van der Waals surface area contributed by atoms with Gasteiger partial charge in [-0.15, -0.1) is 0 Å². The van der Waals surface area contributed by atoms with Crippen LogP contribution < -0.4 is 0 Å². The molecule has 0 aliphatic heterocycles. The molecule has 0 atom stereocenters. The molecule has 0 radical (unpaired) electrons. The average Bonchev–Trinajstić information content (AvgIpc) is 2.04. The van der Waals surface area contributed by atoms with Crippen molar-refractivity contribution in [2.45, 2.75) is 6.43 Å². The van der Waals surface area contributed by atoms with Crippen molar-refractivity contribution >= 4 is 21.7 Å². The van der Waals surface area contributed by atoms with E-state index in [1.54, 1.807) is 0 Å². The molecular weight excluding hydrogens is 234 g/mol. The van der Waals surface area contributed by atoms with Gasteiger partial charge in [-0.3, -0.25) is 4.79 Å². The number of nitrogens with zero attached hydrogens (tertiary/aromatic N) is 2. The zero-order chi connectivity index (χ0) is 9.14. The standard InChI is InChI=1S/C6H3BrF2N2O/c7-3-1-10-6(11-2-3)4(12)5(8)9/h1-2,5H. The van der Waals surface area contributed by atoms with Crippen LogP contribution in [0.4, 0.5) is 8.78 Å². The van der Waals surface area contributed by atoms with Gasteiger partial charge in [0, 0.05) is 12.4 Å². The van der Waals surface area contributed by atoms with Gasteiger partial charge in [-0.1, -0.05) is 0 Å². The molecule has 3 nitrogen and oxygen atoms in total. The number of carbonyl (C=O) groups is 1. The van der Waals surface area contributed by atoms with E-state index in [2.05, 4.69) is 25.9 Å². The first kappa shape index (κ1) is 9.18. The van der Waals surface area contributed by atoms with Crippen LogP contribution in [0.15, 0.2) is 16.9 Å². The smallest absolute Gasteiger partial charge is 0.284 e. The lowest BCUT2D eigenvalue weighted by molar-refractivity contribution is 0.0667. The van der Waals surface area contributed by atoms with Crippen LogP contribution in [0, 0.1) is 0 Å². The second-order valence-electron chi connectivity index (χ2n) is 1.89. The third-order valence-electron chi connectivity index (χ3n) is 1.04. The molecule has 0 spiro atoms. The summed E-state index contributed by atoms with van der Waals surface area (Å²) in [6.07, 6.45) is -0.572. The summed E-state index contributed by atoms with van der Waals surface area (Å²) in [6.45, 7) is 0. The Labute approximate surface area is 75.0 Å². The molecule has 1 rings (SSSR count). The number of hydrogen-bond acceptors (Lipinski definition) is 3. The van der Waals surface area contributed by atoms with Gasteiger partial charge in [0.15, 0.2) is 0 Å². The van der Waals surface area contributed by atoms with Crippen molar-refractivity contribution in [3.63, 3.8) is 0 Å². The summed E-state index contributed by atoms with van der Waals surface area (Å²) < 4.78 is 24.1. The highest BCUT2D eigenvalue weighted by atomic mass is 79.9. The Morgan fingerprint density at radius 1 is 1.42 bits per heavy atom. The van der Waals surface area contributed by atoms with Crippen molar-refractivity contribution in [3.05, 3.63) is 22.7 Å². The third-order valence-corrected chi connectivity index (χ3v) is 1.45. The molecule has 0 fully saturated rings. The monoisotopic (exact) mass is 236 g/mol. The second kappa shape index (κ2) is 3.66. The Hall–Kier alpha value is -0.910. The zero-order valence-electron chi connectivity index (χ0n) is 5.67. The lowest BCUT2D eigenvalue weighted by atomic mass is 10.4. The van der Waals surface area contributed by atoms with Crippen LogP contribution in [0.1, 0.15) is 10.6 Å². The van der Waals surface area contributed by atoms with Crippen molar-refractivity contribution in [2.75, 3.05) is 0 Å². The van der Waals surface area contributed by atoms with Crippen molar-refractivity contribution in [1.82, 2.24) is 9.97 Å². The topological polar surface area (TPSA) is 42.9 Å². The number of rotatable bonds is 2. The van der Waals surface area contributed by atoms with Crippen LogP contribution in [0.25, 0.3) is 0 Å². The molecule has 0 bridgehead atoms. The second-order valence-corrected chi connectivity index (χ2v) is 2.81. The minimum absolute atomic E-state index is 0.465. The van der Waals surface area contributed by atoms with Crippen LogP contribution in [0.5, 0.6) is 0 Å². The number of alkyl halides is 2. The van der Waals surface area contributed by atoms with E-state index in [1.165, 1.54) is 12.4 Å². The molecule has 1 aromatic heterocycles. The quantitative estimate of drug-likeness (QED) is 0.735. The molecule has 0 saturated heterocycles. The van der Waals surface area contributed by atoms with Gasteiger partial charge in [-0.25, -0.2) is 18.7 Å². The van der Waals surface area contributed by atoms with Gasteiger partial charge in [0.1, 0.15) is 0 Å². The first-order valence-electron chi connectivity index (χ1n) is 2.91. The molecule has 0 amide bonds. The number of Topliss-reactive ketones (excluding diaryl/α,β-unsaturated/α-hetero) is 1. The van der Waals surface area contributed by atoms with E-state index in [0.717, 1.165) is 0 Å². The van der Waals surface area contributed by atoms with Crippen molar-refractivity contribution in [3.8, 4) is 0 Å². The molecule has 0 N–H and O–H groups in total. The molecule has 64 valence electrons. The summed E-state index contributed by atoms with van der Waals surface area (Å²) in [5.74, 6) is -1.82. The lowest BCUT2D eigenvalue weighted by Gasteiger charge is -1.96. The maximum absolute atomic E-state index is 11.8. The summed E-state index contributed by atoms with van der Waals surface area (Å²) in [5.41, 5.74) is 0. The highest BCUT2D eigenvalue weighted by Gasteiger charge is 2.20. The first-order chi connectivity index (χ1) is 5.61. The van der Waals surface area contributed by atoms with Crippen molar-refractivity contribution in [1.29, 1.82) is 0 Å². The molecule has 12 heavy (non-hydrogen) atoms. The van der Waals surface area contributed by atoms with Crippen LogP contribution in [0.2, 0.25) is 0 Å².